The van der Waals surface area contributed by atoms with Gasteiger partial charge in [0.2, 0.25) is 0 Å². The molecule has 0 aliphatic carbocycles. The average molecular weight is 216 g/mol. The van der Waals surface area contributed by atoms with Crippen molar-refractivity contribution in [1.29, 1.82) is 0 Å². The van der Waals surface area contributed by atoms with Crippen LogP contribution in [0.3, 0.4) is 0 Å². The Morgan fingerprint density at radius 3 is 2.69 bits per heavy atom. The first-order chi connectivity index (χ1) is 7.74. The van der Waals surface area contributed by atoms with Gasteiger partial charge in [-0.3, -0.25) is 4.79 Å². The fraction of sp³-hybridized carbons (Fsp3) is 0.308. The first-order valence-electron chi connectivity index (χ1n) is 5.49. The normalized spacial score (nSPS) is 16.9. The van der Waals surface area contributed by atoms with E-state index in [1.165, 1.54) is 5.57 Å². The van der Waals surface area contributed by atoms with Crippen LogP contribution >= 0.6 is 0 Å². The third kappa shape index (κ3) is 1.86. The maximum Gasteiger partial charge on any atom is 0.252 e. The number of benzene rings is 1. The summed E-state index contributed by atoms with van der Waals surface area (Å²) < 4.78 is 0. The number of amides is 1. The van der Waals surface area contributed by atoms with E-state index in [9.17, 15) is 4.79 Å². The van der Waals surface area contributed by atoms with Crippen LogP contribution < -0.4 is 10.6 Å². The van der Waals surface area contributed by atoms with Crippen LogP contribution in [0.2, 0.25) is 0 Å². The van der Waals surface area contributed by atoms with Crippen molar-refractivity contribution in [1.82, 2.24) is 10.6 Å². The molecule has 3 nitrogen and oxygen atoms in total. The number of fused-ring (bicyclic) bond motifs is 1. The summed E-state index contributed by atoms with van der Waals surface area (Å²) in [6.07, 6.45) is 2.07. The van der Waals surface area contributed by atoms with E-state index in [0.717, 1.165) is 11.1 Å². The summed E-state index contributed by atoms with van der Waals surface area (Å²) in [6, 6.07) is 7.97. The van der Waals surface area contributed by atoms with Gasteiger partial charge in [-0.1, -0.05) is 24.3 Å². The van der Waals surface area contributed by atoms with Gasteiger partial charge in [0, 0.05) is 18.2 Å². The third-order valence-corrected chi connectivity index (χ3v) is 2.97. The molecule has 0 bridgehead atoms. The second kappa shape index (κ2) is 4.49. The van der Waals surface area contributed by atoms with Gasteiger partial charge in [0.15, 0.2) is 0 Å². The summed E-state index contributed by atoms with van der Waals surface area (Å²) in [6.45, 7) is 2.69. The minimum atomic E-state index is 0.00477. The van der Waals surface area contributed by atoms with Crippen LogP contribution in [0, 0.1) is 0 Å². The molecule has 2 N–H and O–H groups in total. The molecular weight excluding hydrogens is 200 g/mol. The molecule has 84 valence electrons. The zero-order valence-electron chi connectivity index (χ0n) is 9.58. The summed E-state index contributed by atoms with van der Waals surface area (Å²) in [4.78, 5) is 11.8. The monoisotopic (exact) mass is 216 g/mol. The van der Waals surface area contributed by atoms with Crippen molar-refractivity contribution in [2.45, 2.75) is 13.0 Å². The maximum atomic E-state index is 11.8. The van der Waals surface area contributed by atoms with Crippen molar-refractivity contribution in [3.63, 3.8) is 0 Å². The number of nitrogens with one attached hydrogen (secondary N) is 2. The fourth-order valence-electron chi connectivity index (χ4n) is 1.96. The molecule has 0 fully saturated rings. The number of hydrogen-bond donors (Lipinski definition) is 2. The fourth-order valence-corrected chi connectivity index (χ4v) is 1.96. The lowest BCUT2D eigenvalue weighted by molar-refractivity contribution is 0.0958. The van der Waals surface area contributed by atoms with E-state index in [0.29, 0.717) is 6.54 Å². The number of likely N-dealkylation sites (N-methyl/N-ethyl adjacent to an activating group) is 1. The first-order valence-corrected chi connectivity index (χ1v) is 5.49. The third-order valence-electron chi connectivity index (χ3n) is 2.97. The molecule has 0 aromatic heterocycles. The van der Waals surface area contributed by atoms with E-state index in [1.807, 2.05) is 31.3 Å². The Morgan fingerprint density at radius 2 is 2.00 bits per heavy atom. The van der Waals surface area contributed by atoms with Crippen molar-refractivity contribution >= 4 is 11.5 Å². The van der Waals surface area contributed by atoms with Crippen molar-refractivity contribution in [3.05, 3.63) is 41.5 Å². The highest BCUT2D eigenvalue weighted by Crippen LogP contribution is 2.23. The quantitative estimate of drug-likeness (QED) is 0.785. The number of rotatable bonds is 2. The van der Waals surface area contributed by atoms with E-state index in [1.54, 1.807) is 0 Å². The van der Waals surface area contributed by atoms with Crippen molar-refractivity contribution in [3.8, 4) is 0 Å². The Labute approximate surface area is 95.6 Å². The highest BCUT2D eigenvalue weighted by atomic mass is 16.1. The molecule has 0 spiro atoms. The Morgan fingerprint density at radius 1 is 1.31 bits per heavy atom. The molecule has 3 heteroatoms. The van der Waals surface area contributed by atoms with Crippen LogP contribution in [0.4, 0.5) is 0 Å². The van der Waals surface area contributed by atoms with Crippen molar-refractivity contribution < 1.29 is 4.79 Å². The minimum Gasteiger partial charge on any atom is -0.349 e. The summed E-state index contributed by atoms with van der Waals surface area (Å²) in [7, 11) is 1.92. The van der Waals surface area contributed by atoms with Crippen molar-refractivity contribution in [2.75, 3.05) is 13.6 Å². The highest BCUT2D eigenvalue weighted by Gasteiger charge is 2.19. The molecule has 1 aromatic carbocycles. The van der Waals surface area contributed by atoms with Gasteiger partial charge in [0.05, 0.1) is 0 Å². The standard InChI is InChI=1S/C13H16N2O/c1-9(14-2)10-7-8-15-13(16)12-6-4-3-5-11(10)12/h3-7,9,14H,8H2,1-2H3,(H,15,16). The zero-order valence-corrected chi connectivity index (χ0v) is 9.58. The summed E-state index contributed by atoms with van der Waals surface area (Å²) in [5.74, 6) is 0.00477. The predicted molar refractivity (Wildman–Crippen MR) is 65.3 cm³/mol. The summed E-state index contributed by atoms with van der Waals surface area (Å²) >= 11 is 0. The van der Waals surface area contributed by atoms with Gasteiger partial charge >= 0.3 is 0 Å². The van der Waals surface area contributed by atoms with Gasteiger partial charge in [-0.05, 0) is 31.2 Å². The van der Waals surface area contributed by atoms with Gasteiger partial charge in [-0.2, -0.15) is 0 Å². The van der Waals surface area contributed by atoms with Gasteiger partial charge in [0.25, 0.3) is 5.91 Å². The van der Waals surface area contributed by atoms with E-state index < -0.39 is 0 Å². The van der Waals surface area contributed by atoms with E-state index in [4.69, 9.17) is 0 Å². The highest BCUT2D eigenvalue weighted by molar-refractivity contribution is 6.00. The Balaban J connectivity index is 2.51. The Kier molecular flexibility index (Phi) is 3.06. The molecule has 16 heavy (non-hydrogen) atoms. The van der Waals surface area contributed by atoms with E-state index in [-0.39, 0.29) is 11.9 Å². The second-order valence-electron chi connectivity index (χ2n) is 3.93. The Bertz CT molecular complexity index is 437. The van der Waals surface area contributed by atoms with E-state index in [2.05, 4.69) is 23.6 Å². The molecular formula is C13H16N2O. The van der Waals surface area contributed by atoms with Crippen LogP contribution in [-0.2, 0) is 0 Å². The predicted octanol–water partition coefficient (Wildman–Crippen LogP) is 1.42. The van der Waals surface area contributed by atoms with Gasteiger partial charge in [-0.25, -0.2) is 0 Å². The lowest BCUT2D eigenvalue weighted by atomic mass is 9.95. The molecule has 0 saturated heterocycles. The molecule has 0 radical (unpaired) electrons. The van der Waals surface area contributed by atoms with E-state index >= 15 is 0 Å². The molecule has 1 aliphatic rings. The largest absolute Gasteiger partial charge is 0.349 e. The van der Waals surface area contributed by atoms with Crippen LogP contribution in [0.25, 0.3) is 5.57 Å². The first kappa shape index (κ1) is 10.9. The number of carbonyl (C=O) groups is 1. The molecule has 0 saturated carbocycles. The second-order valence-corrected chi connectivity index (χ2v) is 3.93. The van der Waals surface area contributed by atoms with Crippen molar-refractivity contribution in [2.24, 2.45) is 0 Å². The molecule has 1 heterocycles. The topological polar surface area (TPSA) is 41.1 Å². The lowest BCUT2D eigenvalue weighted by Gasteiger charge is -2.16. The average Bonchev–Trinajstić information content (AvgIpc) is 2.49. The molecule has 1 unspecified atom stereocenters. The van der Waals surface area contributed by atoms with Gasteiger partial charge < -0.3 is 10.6 Å². The summed E-state index contributed by atoms with van der Waals surface area (Å²) in [5, 5.41) is 6.08. The lowest BCUT2D eigenvalue weighted by Crippen LogP contribution is -2.23. The molecule has 2 rings (SSSR count). The zero-order chi connectivity index (χ0) is 11.5. The van der Waals surface area contributed by atoms with Crippen LogP contribution in [0.15, 0.2) is 30.3 Å². The molecule has 1 atom stereocenters. The summed E-state index contributed by atoms with van der Waals surface area (Å²) in [5.41, 5.74) is 2.96. The SMILES string of the molecule is CNC(C)C1=CCNC(=O)c2ccccc21. The maximum absolute atomic E-state index is 11.8. The van der Waals surface area contributed by atoms with Crippen LogP contribution in [-0.4, -0.2) is 25.5 Å². The van der Waals surface area contributed by atoms with Crippen LogP contribution in [0.1, 0.15) is 22.8 Å². The minimum absolute atomic E-state index is 0.00477. The van der Waals surface area contributed by atoms with Gasteiger partial charge in [-0.15, -0.1) is 0 Å². The molecule has 1 amide bonds. The van der Waals surface area contributed by atoms with Gasteiger partial charge in [0.1, 0.15) is 0 Å². The molecule has 1 aliphatic heterocycles. The number of hydrogen-bond acceptors (Lipinski definition) is 2. The Hall–Kier alpha value is -1.61. The van der Waals surface area contributed by atoms with Crippen LogP contribution in [0.5, 0.6) is 0 Å². The number of carbonyl (C=O) groups excluding carboxylic acids is 1. The molecule has 1 aromatic rings. The smallest absolute Gasteiger partial charge is 0.252 e.